The van der Waals surface area contributed by atoms with Gasteiger partial charge in [0.05, 0.1) is 6.10 Å². The maximum Gasteiger partial charge on any atom is 0.321 e. The summed E-state index contributed by atoms with van der Waals surface area (Å²) in [7, 11) is 0. The van der Waals surface area contributed by atoms with Crippen LogP contribution < -0.4 is 5.32 Å². The lowest BCUT2D eigenvalue weighted by atomic mass is 9.74. The molecule has 1 aromatic carbocycles. The highest BCUT2D eigenvalue weighted by Crippen LogP contribution is 2.36. The van der Waals surface area contributed by atoms with Gasteiger partial charge in [-0.25, -0.2) is 4.79 Å². The molecule has 0 aromatic heterocycles. The van der Waals surface area contributed by atoms with Crippen LogP contribution in [0.5, 0.6) is 0 Å². The molecule has 2 amide bonds. The number of rotatable bonds is 5. The zero-order valence-electron chi connectivity index (χ0n) is 15.2. The third-order valence-corrected chi connectivity index (χ3v) is 5.02. The highest BCUT2D eigenvalue weighted by atomic mass is 16.4. The Morgan fingerprint density at radius 1 is 1.36 bits per heavy atom. The Balaban J connectivity index is 2.19. The molecule has 1 aliphatic heterocycles. The number of carboxylic acids is 1. The topological polar surface area (TPSA) is 89.9 Å². The predicted molar refractivity (Wildman–Crippen MR) is 96.7 cm³/mol. The van der Waals surface area contributed by atoms with Gasteiger partial charge in [0.25, 0.3) is 0 Å². The van der Waals surface area contributed by atoms with Crippen molar-refractivity contribution in [2.24, 2.45) is 5.41 Å². The van der Waals surface area contributed by atoms with Crippen LogP contribution in [-0.4, -0.2) is 46.3 Å². The highest BCUT2D eigenvalue weighted by molar-refractivity contribution is 5.91. The number of nitrogens with zero attached hydrogens (tertiary/aromatic N) is 1. The summed E-state index contributed by atoms with van der Waals surface area (Å²) in [5, 5.41) is 22.9. The van der Waals surface area contributed by atoms with Crippen molar-refractivity contribution in [1.29, 1.82) is 0 Å². The van der Waals surface area contributed by atoms with E-state index < -0.39 is 17.5 Å². The van der Waals surface area contributed by atoms with Crippen molar-refractivity contribution in [3.8, 4) is 0 Å². The molecule has 2 atom stereocenters. The molecule has 0 spiro atoms. The average Bonchev–Trinajstić information content (AvgIpc) is 2.57. The van der Waals surface area contributed by atoms with Crippen molar-refractivity contribution in [3.63, 3.8) is 0 Å². The smallest absolute Gasteiger partial charge is 0.321 e. The van der Waals surface area contributed by atoms with Gasteiger partial charge in [0.2, 0.25) is 0 Å². The summed E-state index contributed by atoms with van der Waals surface area (Å²) >= 11 is 0. The van der Waals surface area contributed by atoms with Gasteiger partial charge in [-0.1, -0.05) is 45.4 Å². The number of likely N-dealkylation sites (tertiary alicyclic amines) is 1. The average molecular weight is 348 g/mol. The number of para-hydroxylation sites is 1. The van der Waals surface area contributed by atoms with Crippen LogP contribution in [0.4, 0.5) is 10.5 Å². The van der Waals surface area contributed by atoms with Gasteiger partial charge >= 0.3 is 12.0 Å². The lowest BCUT2D eigenvalue weighted by molar-refractivity contribution is -0.162. The van der Waals surface area contributed by atoms with E-state index in [1.807, 2.05) is 31.2 Å². The zero-order valence-corrected chi connectivity index (χ0v) is 15.2. The molecule has 0 bridgehead atoms. The van der Waals surface area contributed by atoms with Gasteiger partial charge in [0.15, 0.2) is 0 Å². The fourth-order valence-corrected chi connectivity index (χ4v) is 3.57. The lowest BCUT2D eigenvalue weighted by Crippen LogP contribution is -2.57. The maximum absolute atomic E-state index is 12.7. The largest absolute Gasteiger partial charge is 0.481 e. The minimum atomic E-state index is -1.29. The van der Waals surface area contributed by atoms with Crippen LogP contribution in [-0.2, 0) is 4.79 Å². The number of carbonyl (C=O) groups excluding carboxylic acids is 1. The summed E-state index contributed by atoms with van der Waals surface area (Å²) in [6.07, 6.45) is 0.313. The Labute approximate surface area is 148 Å². The van der Waals surface area contributed by atoms with Crippen LogP contribution in [0.25, 0.3) is 0 Å². The monoisotopic (exact) mass is 348 g/mol. The molecular formula is C19H28N2O4. The van der Waals surface area contributed by atoms with Gasteiger partial charge in [-0.3, -0.25) is 4.79 Å². The molecule has 0 radical (unpaired) electrons. The Hall–Kier alpha value is -2.08. The van der Waals surface area contributed by atoms with Gasteiger partial charge in [0.1, 0.15) is 5.41 Å². The number of hydrogen-bond acceptors (Lipinski definition) is 3. The first kappa shape index (κ1) is 19.2. The molecule has 1 saturated heterocycles. The van der Waals surface area contributed by atoms with Gasteiger partial charge in [0, 0.05) is 18.8 Å². The molecular weight excluding hydrogens is 320 g/mol. The number of urea groups is 1. The van der Waals surface area contributed by atoms with Gasteiger partial charge < -0.3 is 20.4 Å². The summed E-state index contributed by atoms with van der Waals surface area (Å²) in [4.78, 5) is 26.0. The number of hydrogen-bond donors (Lipinski definition) is 3. The quantitative estimate of drug-likeness (QED) is 0.762. The van der Waals surface area contributed by atoms with Crippen molar-refractivity contribution >= 4 is 17.7 Å². The van der Waals surface area contributed by atoms with E-state index in [2.05, 4.69) is 19.2 Å². The second-order valence-corrected chi connectivity index (χ2v) is 7.11. The number of amides is 2. The Morgan fingerprint density at radius 2 is 2.04 bits per heavy atom. The van der Waals surface area contributed by atoms with Crippen LogP contribution >= 0.6 is 0 Å². The Morgan fingerprint density at radius 3 is 2.64 bits per heavy atom. The molecule has 138 valence electrons. The summed E-state index contributed by atoms with van der Waals surface area (Å²) in [5.41, 5.74) is 0.484. The fraction of sp³-hybridized carbons (Fsp3) is 0.579. The van der Waals surface area contributed by atoms with E-state index in [-0.39, 0.29) is 24.9 Å². The number of nitrogens with one attached hydrogen (secondary N) is 1. The van der Waals surface area contributed by atoms with Crippen LogP contribution in [0, 0.1) is 5.41 Å². The molecule has 0 saturated carbocycles. The summed E-state index contributed by atoms with van der Waals surface area (Å²) in [6.45, 7) is 6.36. The third-order valence-electron chi connectivity index (χ3n) is 5.02. The summed E-state index contributed by atoms with van der Waals surface area (Å²) in [5.74, 6) is -0.778. The number of anilines is 1. The normalized spacial score (nSPS) is 23.6. The number of aliphatic hydroxyl groups is 1. The standard InChI is InChI=1S/C19H28N2O4/c1-4-10-19(17(23)24)12-21(11-9-16(19)22)18(25)20-15-8-6-5-7-14(15)13(2)3/h5-8,13,16,22H,4,9-12H2,1-3H3,(H,20,25)(H,23,24)/t16-,19+/m0/s1. The van der Waals surface area contributed by atoms with Crippen LogP contribution in [0.3, 0.4) is 0 Å². The van der Waals surface area contributed by atoms with E-state index >= 15 is 0 Å². The van der Waals surface area contributed by atoms with E-state index in [1.54, 1.807) is 0 Å². The minimum absolute atomic E-state index is 0.0209. The van der Waals surface area contributed by atoms with Crippen molar-refractivity contribution in [1.82, 2.24) is 4.90 Å². The van der Waals surface area contributed by atoms with Gasteiger partial charge in [-0.15, -0.1) is 0 Å². The molecule has 3 N–H and O–H groups in total. The molecule has 1 aromatic rings. The fourth-order valence-electron chi connectivity index (χ4n) is 3.57. The molecule has 1 fully saturated rings. The maximum atomic E-state index is 12.7. The van der Waals surface area contributed by atoms with Gasteiger partial charge in [-0.2, -0.15) is 0 Å². The number of carbonyl (C=O) groups is 2. The molecule has 1 heterocycles. The van der Waals surface area contributed by atoms with E-state index in [9.17, 15) is 19.8 Å². The van der Waals surface area contributed by atoms with Crippen molar-refractivity contribution in [3.05, 3.63) is 29.8 Å². The van der Waals surface area contributed by atoms with E-state index in [1.165, 1.54) is 4.90 Å². The molecule has 6 nitrogen and oxygen atoms in total. The molecule has 2 rings (SSSR count). The van der Waals surface area contributed by atoms with E-state index in [4.69, 9.17) is 0 Å². The molecule has 1 aliphatic rings. The second kappa shape index (κ2) is 7.87. The molecule has 25 heavy (non-hydrogen) atoms. The number of piperidine rings is 1. The molecule has 6 heteroatoms. The molecule has 0 aliphatic carbocycles. The van der Waals surface area contributed by atoms with Crippen molar-refractivity contribution < 1.29 is 19.8 Å². The van der Waals surface area contributed by atoms with Crippen molar-refractivity contribution in [2.45, 2.75) is 52.1 Å². The van der Waals surface area contributed by atoms with Gasteiger partial charge in [-0.05, 0) is 30.4 Å². The first-order valence-electron chi connectivity index (χ1n) is 8.88. The first-order chi connectivity index (χ1) is 11.8. The third kappa shape index (κ3) is 3.95. The second-order valence-electron chi connectivity index (χ2n) is 7.11. The Kier molecular flexibility index (Phi) is 6.06. The lowest BCUT2D eigenvalue weighted by Gasteiger charge is -2.43. The highest BCUT2D eigenvalue weighted by Gasteiger charge is 2.49. The number of benzene rings is 1. The number of aliphatic hydroxyl groups excluding tert-OH is 1. The zero-order chi connectivity index (χ0) is 18.6. The van der Waals surface area contributed by atoms with Crippen LogP contribution in [0.15, 0.2) is 24.3 Å². The Bertz CT molecular complexity index is 632. The van der Waals surface area contributed by atoms with Crippen LogP contribution in [0.1, 0.15) is 51.5 Å². The number of aliphatic carboxylic acids is 1. The van der Waals surface area contributed by atoms with E-state index in [0.29, 0.717) is 19.4 Å². The number of carboxylic acid groups (broad SMARTS) is 1. The first-order valence-corrected chi connectivity index (χ1v) is 8.88. The molecule has 0 unspecified atom stereocenters. The minimum Gasteiger partial charge on any atom is -0.481 e. The predicted octanol–water partition coefficient (Wildman–Crippen LogP) is 3.28. The van der Waals surface area contributed by atoms with Crippen molar-refractivity contribution in [2.75, 3.05) is 18.4 Å². The summed E-state index contributed by atoms with van der Waals surface area (Å²) < 4.78 is 0. The van der Waals surface area contributed by atoms with E-state index in [0.717, 1.165) is 11.3 Å². The summed E-state index contributed by atoms with van der Waals surface area (Å²) in [6, 6.07) is 7.29. The SMILES string of the molecule is CCC[C@@]1(C(=O)O)CN(C(=O)Nc2ccccc2C(C)C)CC[C@@H]1O. The van der Waals surface area contributed by atoms with Crippen LogP contribution in [0.2, 0.25) is 0 Å².